The summed E-state index contributed by atoms with van der Waals surface area (Å²) in [6.07, 6.45) is 1.79. The maximum absolute atomic E-state index is 6.05. The molecule has 1 N–H and O–H groups in total. The minimum absolute atomic E-state index is 0.640. The zero-order valence-corrected chi connectivity index (χ0v) is 12.6. The Kier molecular flexibility index (Phi) is 4.69. The highest BCUT2D eigenvalue weighted by Crippen LogP contribution is 2.22. The van der Waals surface area contributed by atoms with Gasteiger partial charge in [0, 0.05) is 43.6 Å². The average Bonchev–Trinajstić information content (AvgIpc) is 2.44. The SMILES string of the molecule is COc1cc(Cl)cc(CNc2cc(N(C)C)ccn2)c1. The van der Waals surface area contributed by atoms with Gasteiger partial charge in [0.15, 0.2) is 0 Å². The van der Waals surface area contributed by atoms with Crippen LogP contribution in [-0.2, 0) is 6.54 Å². The fourth-order valence-corrected chi connectivity index (χ4v) is 2.08. The van der Waals surface area contributed by atoms with E-state index in [0.29, 0.717) is 11.6 Å². The number of anilines is 2. The third-order valence-electron chi connectivity index (χ3n) is 2.90. The quantitative estimate of drug-likeness (QED) is 0.916. The van der Waals surface area contributed by atoms with Crippen molar-refractivity contribution in [1.82, 2.24) is 4.98 Å². The van der Waals surface area contributed by atoms with Crippen molar-refractivity contribution in [3.63, 3.8) is 0 Å². The van der Waals surface area contributed by atoms with E-state index in [2.05, 4.69) is 10.3 Å². The minimum atomic E-state index is 0.640. The Labute approximate surface area is 124 Å². The van der Waals surface area contributed by atoms with Gasteiger partial charge in [0.25, 0.3) is 0 Å². The molecule has 1 aromatic heterocycles. The molecular formula is C15H18ClN3O. The van der Waals surface area contributed by atoms with Crippen LogP contribution in [0.2, 0.25) is 5.02 Å². The lowest BCUT2D eigenvalue weighted by Gasteiger charge is -2.14. The predicted octanol–water partition coefficient (Wildman–Crippen LogP) is 3.42. The molecule has 0 aliphatic heterocycles. The number of nitrogens with one attached hydrogen (secondary N) is 1. The number of nitrogens with zero attached hydrogens (tertiary/aromatic N) is 2. The summed E-state index contributed by atoms with van der Waals surface area (Å²) >= 11 is 6.05. The van der Waals surface area contributed by atoms with Gasteiger partial charge in [-0.3, -0.25) is 0 Å². The van der Waals surface area contributed by atoms with Crippen molar-refractivity contribution < 1.29 is 4.74 Å². The molecule has 106 valence electrons. The highest BCUT2D eigenvalue weighted by Gasteiger charge is 2.02. The highest BCUT2D eigenvalue weighted by molar-refractivity contribution is 6.30. The Bertz CT molecular complexity index is 587. The van der Waals surface area contributed by atoms with Crippen LogP contribution in [0.4, 0.5) is 11.5 Å². The van der Waals surface area contributed by atoms with Gasteiger partial charge in [0.05, 0.1) is 7.11 Å². The molecule has 0 atom stereocenters. The van der Waals surface area contributed by atoms with Crippen molar-refractivity contribution >= 4 is 23.1 Å². The van der Waals surface area contributed by atoms with Crippen molar-refractivity contribution in [2.24, 2.45) is 0 Å². The first-order valence-corrected chi connectivity index (χ1v) is 6.67. The number of hydrogen-bond donors (Lipinski definition) is 1. The number of rotatable bonds is 5. The number of hydrogen-bond acceptors (Lipinski definition) is 4. The summed E-state index contributed by atoms with van der Waals surface area (Å²) in [5.74, 6) is 1.58. The lowest BCUT2D eigenvalue weighted by molar-refractivity contribution is 0.414. The van der Waals surface area contributed by atoms with Crippen LogP contribution in [0.15, 0.2) is 36.5 Å². The smallest absolute Gasteiger partial charge is 0.128 e. The van der Waals surface area contributed by atoms with Gasteiger partial charge in [-0.1, -0.05) is 11.6 Å². The van der Waals surface area contributed by atoms with Crippen molar-refractivity contribution in [3.05, 3.63) is 47.1 Å². The van der Waals surface area contributed by atoms with E-state index in [1.165, 1.54) is 0 Å². The molecule has 2 aromatic rings. The molecule has 0 aliphatic carbocycles. The van der Waals surface area contributed by atoms with Crippen molar-refractivity contribution in [1.29, 1.82) is 0 Å². The summed E-state index contributed by atoms with van der Waals surface area (Å²) in [6, 6.07) is 9.62. The second-order valence-electron chi connectivity index (χ2n) is 4.65. The van der Waals surface area contributed by atoms with Crippen molar-refractivity contribution in [3.8, 4) is 5.75 Å². The fraction of sp³-hybridized carbons (Fsp3) is 0.267. The van der Waals surface area contributed by atoms with Gasteiger partial charge < -0.3 is 15.0 Å². The van der Waals surface area contributed by atoms with E-state index in [9.17, 15) is 0 Å². The van der Waals surface area contributed by atoms with Gasteiger partial charge in [0.1, 0.15) is 11.6 Å². The third kappa shape index (κ3) is 3.78. The number of halogens is 1. The van der Waals surface area contributed by atoms with Crippen molar-refractivity contribution in [2.75, 3.05) is 31.4 Å². The topological polar surface area (TPSA) is 37.4 Å². The molecule has 0 saturated heterocycles. The van der Waals surface area contributed by atoms with Gasteiger partial charge in [-0.05, 0) is 29.8 Å². The molecule has 4 nitrogen and oxygen atoms in total. The summed E-state index contributed by atoms with van der Waals surface area (Å²) in [6.45, 7) is 0.640. The van der Waals surface area contributed by atoms with E-state index in [-0.39, 0.29) is 0 Å². The van der Waals surface area contributed by atoms with Crippen LogP contribution < -0.4 is 15.0 Å². The number of ether oxygens (including phenoxy) is 1. The lowest BCUT2D eigenvalue weighted by atomic mass is 10.2. The van der Waals surface area contributed by atoms with Crippen LogP contribution in [0.25, 0.3) is 0 Å². The monoisotopic (exact) mass is 291 g/mol. The van der Waals surface area contributed by atoms with E-state index < -0.39 is 0 Å². The van der Waals surface area contributed by atoms with E-state index >= 15 is 0 Å². The van der Waals surface area contributed by atoms with Crippen LogP contribution in [0.1, 0.15) is 5.56 Å². The molecule has 1 heterocycles. The Morgan fingerprint density at radius 3 is 2.75 bits per heavy atom. The molecule has 0 amide bonds. The molecule has 0 saturated carbocycles. The molecule has 1 aromatic carbocycles. The largest absolute Gasteiger partial charge is 0.497 e. The maximum atomic E-state index is 6.05. The van der Waals surface area contributed by atoms with Gasteiger partial charge in [0.2, 0.25) is 0 Å². The van der Waals surface area contributed by atoms with Crippen LogP contribution in [-0.4, -0.2) is 26.2 Å². The predicted molar refractivity (Wildman–Crippen MR) is 83.9 cm³/mol. The molecule has 5 heteroatoms. The van der Waals surface area contributed by atoms with Crippen molar-refractivity contribution in [2.45, 2.75) is 6.54 Å². The molecule has 0 aliphatic rings. The standard InChI is InChI=1S/C15H18ClN3O/c1-19(2)13-4-5-17-15(9-13)18-10-11-6-12(16)8-14(7-11)20-3/h4-9H,10H2,1-3H3,(H,17,18). The Morgan fingerprint density at radius 1 is 1.25 bits per heavy atom. The minimum Gasteiger partial charge on any atom is -0.497 e. The van der Waals surface area contributed by atoms with Crippen LogP contribution in [0.3, 0.4) is 0 Å². The first-order chi connectivity index (χ1) is 9.58. The number of pyridine rings is 1. The molecule has 0 radical (unpaired) electrons. The van der Waals surface area contributed by atoms with Gasteiger partial charge in [-0.15, -0.1) is 0 Å². The van der Waals surface area contributed by atoms with E-state index in [4.69, 9.17) is 16.3 Å². The molecule has 0 spiro atoms. The number of aromatic nitrogens is 1. The molecular weight excluding hydrogens is 274 g/mol. The number of benzene rings is 1. The van der Waals surface area contributed by atoms with Crippen LogP contribution in [0, 0.1) is 0 Å². The Hall–Kier alpha value is -1.94. The zero-order valence-electron chi connectivity index (χ0n) is 11.9. The summed E-state index contributed by atoms with van der Waals surface area (Å²) in [4.78, 5) is 6.34. The number of methoxy groups -OCH3 is 1. The summed E-state index contributed by atoms with van der Waals surface area (Å²) in [7, 11) is 5.63. The maximum Gasteiger partial charge on any atom is 0.128 e. The van der Waals surface area contributed by atoms with E-state index in [0.717, 1.165) is 22.8 Å². The average molecular weight is 292 g/mol. The second kappa shape index (κ2) is 6.48. The molecule has 0 bridgehead atoms. The van der Waals surface area contributed by atoms with Gasteiger partial charge in [-0.25, -0.2) is 4.98 Å². The Morgan fingerprint density at radius 2 is 2.05 bits per heavy atom. The summed E-state index contributed by atoms with van der Waals surface area (Å²) in [5.41, 5.74) is 2.15. The Balaban J connectivity index is 2.08. The first kappa shape index (κ1) is 14.5. The fourth-order valence-electron chi connectivity index (χ4n) is 1.83. The third-order valence-corrected chi connectivity index (χ3v) is 3.12. The van der Waals surface area contributed by atoms with E-state index in [1.54, 1.807) is 19.4 Å². The second-order valence-corrected chi connectivity index (χ2v) is 5.08. The van der Waals surface area contributed by atoms with Gasteiger partial charge >= 0.3 is 0 Å². The molecule has 2 rings (SSSR count). The van der Waals surface area contributed by atoms with E-state index in [1.807, 2.05) is 43.3 Å². The van der Waals surface area contributed by atoms with Crippen LogP contribution in [0.5, 0.6) is 5.75 Å². The zero-order chi connectivity index (χ0) is 14.5. The molecule has 0 fully saturated rings. The highest BCUT2D eigenvalue weighted by atomic mass is 35.5. The summed E-state index contributed by atoms with van der Waals surface area (Å²) < 4.78 is 5.20. The first-order valence-electron chi connectivity index (χ1n) is 6.29. The molecule has 20 heavy (non-hydrogen) atoms. The molecule has 0 unspecified atom stereocenters. The van der Waals surface area contributed by atoms with Crippen LogP contribution >= 0.6 is 11.6 Å². The van der Waals surface area contributed by atoms with Gasteiger partial charge in [-0.2, -0.15) is 0 Å². The summed E-state index contributed by atoms with van der Waals surface area (Å²) in [5, 5.41) is 3.95. The normalized spacial score (nSPS) is 10.2. The lowest BCUT2D eigenvalue weighted by Crippen LogP contribution is -2.09.